The first-order valence-electron chi connectivity index (χ1n) is 8.89. The Kier molecular flexibility index (Phi) is 6.44. The second-order valence-electron chi connectivity index (χ2n) is 6.46. The predicted molar refractivity (Wildman–Crippen MR) is 97.7 cm³/mol. The van der Waals surface area contributed by atoms with Gasteiger partial charge in [0.2, 0.25) is 11.0 Å². The van der Waals surface area contributed by atoms with E-state index in [1.54, 1.807) is 0 Å². The number of nitrogens with one attached hydrogen (secondary N) is 2. The van der Waals surface area contributed by atoms with Crippen molar-refractivity contribution in [2.24, 2.45) is 0 Å². The zero-order valence-electron chi connectivity index (χ0n) is 14.6. The third kappa shape index (κ3) is 5.29. The Morgan fingerprint density at radius 3 is 2.67 bits per heavy atom. The summed E-state index contributed by atoms with van der Waals surface area (Å²) in [4.78, 5) is 23.8. The molecular formula is C18H20F2N4O2S. The van der Waals surface area contributed by atoms with Crippen molar-refractivity contribution >= 4 is 28.3 Å². The average molecular weight is 394 g/mol. The number of hydrogen-bond acceptors (Lipinski definition) is 5. The lowest BCUT2D eigenvalue weighted by Gasteiger charge is -2.18. The summed E-state index contributed by atoms with van der Waals surface area (Å²) in [7, 11) is 0. The van der Waals surface area contributed by atoms with Crippen LogP contribution in [0.15, 0.2) is 18.2 Å². The van der Waals surface area contributed by atoms with E-state index in [0.29, 0.717) is 17.1 Å². The minimum Gasteiger partial charge on any atom is -0.351 e. The molecule has 1 heterocycles. The van der Waals surface area contributed by atoms with Crippen molar-refractivity contribution in [3.63, 3.8) is 0 Å². The Labute approximate surface area is 159 Å². The van der Waals surface area contributed by atoms with Gasteiger partial charge in [-0.25, -0.2) is 8.78 Å². The van der Waals surface area contributed by atoms with Gasteiger partial charge in [-0.2, -0.15) is 0 Å². The van der Waals surface area contributed by atoms with Gasteiger partial charge in [-0.1, -0.05) is 30.6 Å². The smallest absolute Gasteiger partial charge is 0.254 e. The summed E-state index contributed by atoms with van der Waals surface area (Å²) in [6.45, 7) is 0.0236. The number of carbonyl (C=O) groups excluding carboxylic acids is 2. The van der Waals surface area contributed by atoms with Gasteiger partial charge in [0.1, 0.15) is 16.6 Å². The maximum atomic E-state index is 13.5. The van der Waals surface area contributed by atoms with Gasteiger partial charge in [-0.3, -0.25) is 9.59 Å². The molecule has 2 N–H and O–H groups in total. The van der Waals surface area contributed by atoms with Crippen LogP contribution >= 0.6 is 11.3 Å². The van der Waals surface area contributed by atoms with Crippen LogP contribution in [0.5, 0.6) is 0 Å². The molecule has 3 rings (SSSR count). The Balaban J connectivity index is 1.44. The molecule has 1 aromatic carbocycles. The summed E-state index contributed by atoms with van der Waals surface area (Å²) >= 11 is 1.38. The third-order valence-electron chi connectivity index (χ3n) is 4.45. The quantitative estimate of drug-likeness (QED) is 0.784. The molecule has 2 amide bonds. The van der Waals surface area contributed by atoms with E-state index in [2.05, 4.69) is 20.8 Å². The van der Waals surface area contributed by atoms with Crippen LogP contribution in [-0.4, -0.2) is 28.6 Å². The second-order valence-corrected chi connectivity index (χ2v) is 7.47. The van der Waals surface area contributed by atoms with Crippen LogP contribution in [-0.2, 0) is 4.79 Å². The molecular weight excluding hydrogens is 374 g/mol. The van der Waals surface area contributed by atoms with Crippen molar-refractivity contribution in [1.82, 2.24) is 15.5 Å². The molecule has 0 aliphatic heterocycles. The van der Waals surface area contributed by atoms with E-state index >= 15 is 0 Å². The number of rotatable bonds is 6. The molecule has 1 fully saturated rings. The van der Waals surface area contributed by atoms with Gasteiger partial charge in [-0.05, 0) is 25.0 Å². The molecule has 2 aromatic rings. The highest BCUT2D eigenvalue weighted by atomic mass is 32.1. The molecule has 1 aliphatic rings. The molecule has 1 saturated carbocycles. The molecule has 0 bridgehead atoms. The van der Waals surface area contributed by atoms with Crippen LogP contribution in [0.25, 0.3) is 0 Å². The van der Waals surface area contributed by atoms with Crippen molar-refractivity contribution in [1.29, 1.82) is 0 Å². The number of benzene rings is 1. The molecule has 0 unspecified atom stereocenters. The zero-order valence-corrected chi connectivity index (χ0v) is 15.5. The third-order valence-corrected chi connectivity index (χ3v) is 5.46. The fraction of sp³-hybridized carbons (Fsp3) is 0.444. The fourth-order valence-electron chi connectivity index (χ4n) is 3.04. The summed E-state index contributed by atoms with van der Waals surface area (Å²) in [6, 6.07) is 2.71. The summed E-state index contributed by atoms with van der Waals surface area (Å²) in [5.41, 5.74) is -0.266. The summed E-state index contributed by atoms with van der Waals surface area (Å²) in [6.07, 6.45) is 5.86. The molecule has 144 valence electrons. The Bertz CT molecular complexity index is 821. The maximum Gasteiger partial charge on any atom is 0.254 e. The van der Waals surface area contributed by atoms with E-state index in [-0.39, 0.29) is 24.4 Å². The first-order chi connectivity index (χ1) is 13.0. The molecule has 0 radical (unpaired) electrons. The highest BCUT2D eigenvalue weighted by molar-refractivity contribution is 7.15. The average Bonchev–Trinajstić information content (AvgIpc) is 3.10. The van der Waals surface area contributed by atoms with Crippen LogP contribution in [0.1, 0.15) is 59.8 Å². The topological polar surface area (TPSA) is 84.0 Å². The van der Waals surface area contributed by atoms with Crippen molar-refractivity contribution in [2.75, 3.05) is 11.9 Å². The minimum absolute atomic E-state index is 0.00684. The summed E-state index contributed by atoms with van der Waals surface area (Å²) < 4.78 is 26.4. The number of carbonyl (C=O) groups is 2. The maximum absolute atomic E-state index is 13.5. The molecule has 6 nitrogen and oxygen atoms in total. The molecule has 9 heteroatoms. The van der Waals surface area contributed by atoms with E-state index in [1.807, 2.05) is 0 Å². The van der Waals surface area contributed by atoms with E-state index < -0.39 is 17.5 Å². The van der Waals surface area contributed by atoms with Crippen molar-refractivity contribution in [3.05, 3.63) is 40.4 Å². The molecule has 1 aliphatic carbocycles. The largest absolute Gasteiger partial charge is 0.351 e. The number of halogens is 2. The van der Waals surface area contributed by atoms with Crippen molar-refractivity contribution in [3.8, 4) is 0 Å². The van der Waals surface area contributed by atoms with Crippen LogP contribution in [0.3, 0.4) is 0 Å². The Hall–Kier alpha value is -2.42. The predicted octanol–water partition coefficient (Wildman–Crippen LogP) is 3.62. The lowest BCUT2D eigenvalue weighted by atomic mass is 9.90. The molecule has 0 atom stereocenters. The molecule has 27 heavy (non-hydrogen) atoms. The molecule has 0 spiro atoms. The van der Waals surface area contributed by atoms with Gasteiger partial charge in [-0.15, -0.1) is 10.2 Å². The van der Waals surface area contributed by atoms with Crippen LogP contribution in [0, 0.1) is 11.6 Å². The lowest BCUT2D eigenvalue weighted by molar-refractivity contribution is -0.116. The Morgan fingerprint density at radius 2 is 1.93 bits per heavy atom. The number of aromatic nitrogens is 2. The fourth-order valence-corrected chi connectivity index (χ4v) is 3.97. The van der Waals surface area contributed by atoms with E-state index in [1.165, 1.54) is 30.6 Å². The zero-order chi connectivity index (χ0) is 19.2. The van der Waals surface area contributed by atoms with Gasteiger partial charge in [0.05, 0.1) is 5.56 Å². The van der Waals surface area contributed by atoms with Gasteiger partial charge in [0, 0.05) is 24.9 Å². The number of nitrogens with zero attached hydrogens (tertiary/aromatic N) is 2. The number of anilines is 1. The van der Waals surface area contributed by atoms with Gasteiger partial charge in [0.25, 0.3) is 5.91 Å². The number of amides is 2. The van der Waals surface area contributed by atoms with E-state index in [0.717, 1.165) is 30.0 Å². The lowest BCUT2D eigenvalue weighted by Crippen LogP contribution is -2.28. The first-order valence-corrected chi connectivity index (χ1v) is 9.71. The van der Waals surface area contributed by atoms with Gasteiger partial charge in [0.15, 0.2) is 0 Å². The normalized spacial score (nSPS) is 14.7. The minimum atomic E-state index is -0.943. The molecule has 1 aromatic heterocycles. The number of hydrogen-bond donors (Lipinski definition) is 2. The van der Waals surface area contributed by atoms with Crippen molar-refractivity contribution < 1.29 is 18.4 Å². The summed E-state index contributed by atoms with van der Waals surface area (Å²) in [5.74, 6) is -2.29. The van der Waals surface area contributed by atoms with Gasteiger partial charge >= 0.3 is 0 Å². The Morgan fingerprint density at radius 1 is 1.15 bits per heavy atom. The highest BCUT2D eigenvalue weighted by Crippen LogP contribution is 2.35. The second kappa shape index (κ2) is 8.98. The first kappa shape index (κ1) is 19.3. The van der Waals surface area contributed by atoms with E-state index in [4.69, 9.17) is 0 Å². The van der Waals surface area contributed by atoms with Gasteiger partial charge < -0.3 is 10.6 Å². The standard InChI is InChI=1S/C18H20F2N4O2S/c19-12-6-7-13(14(20)10-12)16(26)21-9-8-15(25)22-18-24-23-17(27-18)11-4-2-1-3-5-11/h6-7,10-11H,1-5,8-9H2,(H,21,26)(H,22,24,25). The summed E-state index contributed by atoms with van der Waals surface area (Å²) in [5, 5.41) is 14.7. The highest BCUT2D eigenvalue weighted by Gasteiger charge is 2.20. The van der Waals surface area contributed by atoms with E-state index in [9.17, 15) is 18.4 Å². The SMILES string of the molecule is O=C(CCNC(=O)c1ccc(F)cc1F)Nc1nnc(C2CCCCC2)s1. The van der Waals surface area contributed by atoms with Crippen molar-refractivity contribution in [2.45, 2.75) is 44.4 Å². The molecule has 0 saturated heterocycles. The van der Waals surface area contributed by atoms with Crippen LogP contribution in [0.4, 0.5) is 13.9 Å². The monoisotopic (exact) mass is 394 g/mol. The van der Waals surface area contributed by atoms with Crippen LogP contribution in [0.2, 0.25) is 0 Å². The van der Waals surface area contributed by atoms with Crippen LogP contribution < -0.4 is 10.6 Å².